The van der Waals surface area contributed by atoms with E-state index >= 15 is 0 Å². The molecule has 26 heavy (non-hydrogen) atoms. The van der Waals surface area contributed by atoms with Crippen LogP contribution in [0.15, 0.2) is 53.8 Å². The van der Waals surface area contributed by atoms with Crippen molar-refractivity contribution < 1.29 is 23.8 Å². The van der Waals surface area contributed by atoms with Gasteiger partial charge in [0.15, 0.2) is 12.4 Å². The van der Waals surface area contributed by atoms with Crippen molar-refractivity contribution in [2.45, 2.75) is 27.4 Å². The van der Waals surface area contributed by atoms with Crippen molar-refractivity contribution in [3.05, 3.63) is 70.5 Å². The minimum Gasteiger partial charge on any atom is -0.481 e. The highest BCUT2D eigenvalue weighted by molar-refractivity contribution is 6.13. The zero-order chi connectivity index (χ0) is 18.7. The predicted octanol–water partition coefficient (Wildman–Crippen LogP) is 3.99. The predicted molar refractivity (Wildman–Crippen MR) is 96.2 cm³/mol. The van der Waals surface area contributed by atoms with Gasteiger partial charge in [0.05, 0.1) is 5.56 Å². The van der Waals surface area contributed by atoms with Crippen LogP contribution >= 0.6 is 0 Å². The van der Waals surface area contributed by atoms with Gasteiger partial charge in [-0.2, -0.15) is 0 Å². The van der Waals surface area contributed by atoms with Gasteiger partial charge < -0.3 is 14.2 Å². The zero-order valence-corrected chi connectivity index (χ0v) is 15.0. The summed E-state index contributed by atoms with van der Waals surface area (Å²) in [6.07, 6.45) is 0. The van der Waals surface area contributed by atoms with Crippen LogP contribution < -0.4 is 9.47 Å². The molecule has 0 aromatic heterocycles. The lowest BCUT2D eigenvalue weighted by Gasteiger charge is -2.11. The molecule has 5 heteroatoms. The molecule has 0 radical (unpaired) electrons. The Labute approximate surface area is 152 Å². The largest absolute Gasteiger partial charge is 0.481 e. The van der Waals surface area contributed by atoms with Crippen LogP contribution in [0.2, 0.25) is 0 Å². The number of carbonyl (C=O) groups is 2. The topological polar surface area (TPSA) is 61.8 Å². The van der Waals surface area contributed by atoms with E-state index in [2.05, 4.69) is 0 Å². The number of hydrogen-bond donors (Lipinski definition) is 0. The summed E-state index contributed by atoms with van der Waals surface area (Å²) in [7, 11) is 0. The molecule has 0 saturated carbocycles. The van der Waals surface area contributed by atoms with Crippen LogP contribution in [0.5, 0.6) is 11.5 Å². The summed E-state index contributed by atoms with van der Waals surface area (Å²) in [6, 6.07) is 12.8. The fourth-order valence-electron chi connectivity index (χ4n) is 2.66. The third-order valence-electron chi connectivity index (χ3n) is 4.05. The fraction of sp³-hybridized carbons (Fsp3) is 0.238. The smallest absolute Gasteiger partial charge is 0.344 e. The van der Waals surface area contributed by atoms with Crippen LogP contribution in [0.1, 0.15) is 35.3 Å². The first-order valence-electron chi connectivity index (χ1n) is 8.33. The first kappa shape index (κ1) is 17.7. The van der Waals surface area contributed by atoms with Gasteiger partial charge in [0.2, 0.25) is 5.78 Å². The Morgan fingerprint density at radius 2 is 1.81 bits per heavy atom. The molecule has 2 aromatic rings. The van der Waals surface area contributed by atoms with E-state index in [0.717, 1.165) is 11.1 Å². The molecular formula is C21H20O5. The van der Waals surface area contributed by atoms with Gasteiger partial charge in [0.25, 0.3) is 0 Å². The maximum absolute atomic E-state index is 12.3. The SMILES string of the molecule is CC(C)=C1Oc2c(ccc(OCC(=O)OCc3ccccc3)c2C)C1=O. The number of ether oxygens (including phenoxy) is 3. The van der Waals surface area contributed by atoms with Crippen LogP contribution in [-0.4, -0.2) is 18.4 Å². The Kier molecular flexibility index (Phi) is 5.07. The van der Waals surface area contributed by atoms with Gasteiger partial charge >= 0.3 is 5.97 Å². The van der Waals surface area contributed by atoms with Crippen LogP contribution in [0.3, 0.4) is 0 Å². The second-order valence-corrected chi connectivity index (χ2v) is 6.26. The second kappa shape index (κ2) is 7.44. The number of benzene rings is 2. The van der Waals surface area contributed by atoms with E-state index in [9.17, 15) is 9.59 Å². The molecule has 0 spiro atoms. The lowest BCUT2D eigenvalue weighted by molar-refractivity contribution is -0.147. The standard InChI is InChI=1S/C21H20O5/c1-13(2)20-19(23)16-9-10-17(14(3)21(16)26-20)24-12-18(22)25-11-15-7-5-4-6-8-15/h4-10H,11-12H2,1-3H3. The Balaban J connectivity index is 1.63. The molecule has 0 aliphatic carbocycles. The minimum absolute atomic E-state index is 0.128. The van der Waals surface area contributed by atoms with Crippen molar-refractivity contribution in [3.8, 4) is 11.5 Å². The van der Waals surface area contributed by atoms with E-state index in [4.69, 9.17) is 14.2 Å². The molecule has 5 nitrogen and oxygen atoms in total. The maximum atomic E-state index is 12.3. The number of Topliss-reactive ketones (excluding diaryl/α,β-unsaturated/α-hetero) is 1. The van der Waals surface area contributed by atoms with Gasteiger partial charge in [0.1, 0.15) is 18.1 Å². The molecule has 0 bridgehead atoms. The van der Waals surface area contributed by atoms with Crippen molar-refractivity contribution in [1.29, 1.82) is 0 Å². The first-order valence-corrected chi connectivity index (χ1v) is 8.33. The molecule has 0 amide bonds. The normalized spacial score (nSPS) is 12.4. The number of hydrogen-bond acceptors (Lipinski definition) is 5. The average molecular weight is 352 g/mol. The lowest BCUT2D eigenvalue weighted by Crippen LogP contribution is -2.15. The van der Waals surface area contributed by atoms with Crippen molar-refractivity contribution in [2.24, 2.45) is 0 Å². The number of rotatable bonds is 5. The molecular weight excluding hydrogens is 332 g/mol. The van der Waals surface area contributed by atoms with E-state index < -0.39 is 5.97 Å². The second-order valence-electron chi connectivity index (χ2n) is 6.26. The van der Waals surface area contributed by atoms with Crippen molar-refractivity contribution in [1.82, 2.24) is 0 Å². The van der Waals surface area contributed by atoms with Gasteiger partial charge in [-0.05, 0) is 44.0 Å². The van der Waals surface area contributed by atoms with Crippen LogP contribution in [-0.2, 0) is 16.1 Å². The zero-order valence-electron chi connectivity index (χ0n) is 15.0. The highest BCUT2D eigenvalue weighted by atomic mass is 16.6. The number of carbonyl (C=O) groups excluding carboxylic acids is 2. The van der Waals surface area contributed by atoms with Gasteiger partial charge in [-0.15, -0.1) is 0 Å². The summed E-state index contributed by atoms with van der Waals surface area (Å²) in [5.74, 6) is 0.736. The molecule has 1 heterocycles. The van der Waals surface area contributed by atoms with E-state index in [1.54, 1.807) is 19.1 Å². The number of allylic oxidation sites excluding steroid dienone is 2. The molecule has 134 valence electrons. The highest BCUT2D eigenvalue weighted by Crippen LogP contribution is 2.39. The van der Waals surface area contributed by atoms with Crippen molar-refractivity contribution in [2.75, 3.05) is 6.61 Å². The third kappa shape index (κ3) is 3.61. The first-order chi connectivity index (χ1) is 12.5. The van der Waals surface area contributed by atoms with Crippen LogP contribution in [0.25, 0.3) is 0 Å². The monoisotopic (exact) mass is 352 g/mol. The third-order valence-corrected chi connectivity index (χ3v) is 4.05. The number of fused-ring (bicyclic) bond motifs is 1. The fourth-order valence-corrected chi connectivity index (χ4v) is 2.66. The number of ketones is 1. The number of esters is 1. The van der Waals surface area contributed by atoms with Gasteiger partial charge in [0, 0.05) is 5.56 Å². The Morgan fingerprint density at radius 1 is 1.08 bits per heavy atom. The van der Waals surface area contributed by atoms with Crippen molar-refractivity contribution in [3.63, 3.8) is 0 Å². The van der Waals surface area contributed by atoms with Crippen LogP contribution in [0, 0.1) is 6.92 Å². The minimum atomic E-state index is -0.462. The van der Waals surface area contributed by atoms with E-state index in [-0.39, 0.29) is 19.0 Å². The lowest BCUT2D eigenvalue weighted by atomic mass is 10.1. The molecule has 0 saturated heterocycles. The van der Waals surface area contributed by atoms with E-state index in [1.807, 2.05) is 44.2 Å². The summed E-state index contributed by atoms with van der Waals surface area (Å²) in [6.45, 7) is 5.44. The Morgan fingerprint density at radius 3 is 2.50 bits per heavy atom. The molecule has 1 aliphatic rings. The molecule has 3 rings (SSSR count). The Hall–Kier alpha value is -3.08. The average Bonchev–Trinajstić information content (AvgIpc) is 2.98. The molecule has 0 fully saturated rings. The highest BCUT2D eigenvalue weighted by Gasteiger charge is 2.30. The maximum Gasteiger partial charge on any atom is 0.344 e. The summed E-state index contributed by atoms with van der Waals surface area (Å²) in [4.78, 5) is 24.2. The molecule has 0 atom stereocenters. The Bertz CT molecular complexity index is 877. The van der Waals surface area contributed by atoms with Gasteiger partial charge in [-0.25, -0.2) is 4.79 Å². The summed E-state index contributed by atoms with van der Waals surface area (Å²) in [5, 5.41) is 0. The summed E-state index contributed by atoms with van der Waals surface area (Å²) < 4.78 is 16.5. The molecule has 0 unspecified atom stereocenters. The van der Waals surface area contributed by atoms with E-state index in [1.165, 1.54) is 0 Å². The van der Waals surface area contributed by atoms with Gasteiger partial charge in [-0.1, -0.05) is 30.3 Å². The summed E-state index contributed by atoms with van der Waals surface area (Å²) >= 11 is 0. The molecule has 0 N–H and O–H groups in total. The van der Waals surface area contributed by atoms with Crippen LogP contribution in [0.4, 0.5) is 0 Å². The van der Waals surface area contributed by atoms with Gasteiger partial charge in [-0.3, -0.25) is 4.79 Å². The summed E-state index contributed by atoms with van der Waals surface area (Å²) in [5.41, 5.74) is 2.92. The van der Waals surface area contributed by atoms with Crippen molar-refractivity contribution >= 4 is 11.8 Å². The van der Waals surface area contributed by atoms with E-state index in [0.29, 0.717) is 28.4 Å². The molecule has 2 aromatic carbocycles. The molecule has 1 aliphatic heterocycles. The quantitative estimate of drug-likeness (QED) is 0.601.